The molecule has 96 valence electrons. The van der Waals surface area contributed by atoms with Gasteiger partial charge in [0.2, 0.25) is 0 Å². The maximum atomic E-state index is 5.69. The number of aromatic nitrogens is 1. The fourth-order valence-corrected chi connectivity index (χ4v) is 2.88. The lowest BCUT2D eigenvalue weighted by Gasteiger charge is -2.13. The monoisotopic (exact) mass is 262 g/mol. The lowest BCUT2D eigenvalue weighted by molar-refractivity contribution is 0.430. The molecule has 0 radical (unpaired) electrons. The van der Waals surface area contributed by atoms with Crippen LogP contribution >= 0.6 is 11.8 Å². The fraction of sp³-hybridized carbons (Fsp3) is 0.357. The van der Waals surface area contributed by atoms with E-state index in [1.54, 1.807) is 11.8 Å². The molecule has 4 heteroatoms. The molecule has 1 aromatic heterocycles. The molecule has 0 aliphatic heterocycles. The number of hydrogen-bond donors (Lipinski definition) is 1. The normalized spacial score (nSPS) is 12.6. The summed E-state index contributed by atoms with van der Waals surface area (Å²) in [6.45, 7) is 4.56. The smallest absolute Gasteiger partial charge is 0.256 e. The van der Waals surface area contributed by atoms with Crippen molar-refractivity contribution in [3.63, 3.8) is 0 Å². The van der Waals surface area contributed by atoms with Gasteiger partial charge in [-0.3, -0.25) is 0 Å². The minimum absolute atomic E-state index is 0.300. The first-order valence-corrected chi connectivity index (χ1v) is 6.94. The molecule has 1 aromatic carbocycles. The van der Waals surface area contributed by atoms with Crippen molar-refractivity contribution in [3.8, 4) is 0 Å². The third-order valence-corrected chi connectivity index (χ3v) is 4.02. The molecule has 0 aliphatic carbocycles. The number of nitrogens with zero attached hydrogens (tertiary/aromatic N) is 1. The zero-order valence-electron chi connectivity index (χ0n) is 10.7. The molecule has 18 heavy (non-hydrogen) atoms. The molecule has 1 unspecified atom stereocenters. The Bertz CT molecular complexity index is 476. The zero-order chi connectivity index (χ0) is 13.0. The number of nitrogens with two attached hydrogens (primary N) is 1. The average molecular weight is 262 g/mol. The minimum atomic E-state index is 0.300. The van der Waals surface area contributed by atoms with Crippen LogP contribution in [0.4, 0.5) is 0 Å². The van der Waals surface area contributed by atoms with Gasteiger partial charge in [-0.15, -0.1) is 0 Å². The minimum Gasteiger partial charge on any atom is -0.437 e. The predicted octanol–water partition coefficient (Wildman–Crippen LogP) is 3.47. The summed E-state index contributed by atoms with van der Waals surface area (Å²) in [5.74, 6) is 0.886. The third-order valence-electron chi connectivity index (χ3n) is 2.85. The van der Waals surface area contributed by atoms with Gasteiger partial charge in [-0.05, 0) is 32.4 Å². The summed E-state index contributed by atoms with van der Waals surface area (Å²) in [4.78, 5) is 4.41. The van der Waals surface area contributed by atoms with E-state index in [4.69, 9.17) is 10.2 Å². The summed E-state index contributed by atoms with van der Waals surface area (Å²) >= 11 is 1.64. The van der Waals surface area contributed by atoms with Crippen LogP contribution in [0, 0.1) is 13.8 Å². The van der Waals surface area contributed by atoms with Crippen LogP contribution in [-0.4, -0.2) is 11.5 Å². The quantitative estimate of drug-likeness (QED) is 0.838. The van der Waals surface area contributed by atoms with Crippen LogP contribution in [0.25, 0.3) is 0 Å². The summed E-state index contributed by atoms with van der Waals surface area (Å²) in [6.07, 6.45) is 0.912. The molecule has 0 saturated carbocycles. The van der Waals surface area contributed by atoms with Crippen LogP contribution in [-0.2, 0) is 0 Å². The van der Waals surface area contributed by atoms with E-state index in [9.17, 15) is 0 Å². The van der Waals surface area contributed by atoms with E-state index < -0.39 is 0 Å². The molecule has 0 spiro atoms. The molecular weight excluding hydrogens is 244 g/mol. The summed E-state index contributed by atoms with van der Waals surface area (Å²) in [5.41, 5.74) is 7.91. The van der Waals surface area contributed by atoms with Crippen LogP contribution in [0.3, 0.4) is 0 Å². The molecule has 1 heterocycles. The number of oxazole rings is 1. The molecule has 0 fully saturated rings. The number of aryl methyl sites for hydroxylation is 2. The van der Waals surface area contributed by atoms with Crippen LogP contribution in [0.5, 0.6) is 0 Å². The highest BCUT2D eigenvalue weighted by atomic mass is 32.2. The molecule has 2 rings (SSSR count). The molecule has 0 bridgehead atoms. The van der Waals surface area contributed by atoms with Crippen molar-refractivity contribution in [1.82, 2.24) is 4.98 Å². The van der Waals surface area contributed by atoms with Crippen molar-refractivity contribution < 1.29 is 4.42 Å². The molecule has 2 aromatic rings. The van der Waals surface area contributed by atoms with E-state index in [1.807, 2.05) is 32.0 Å². The highest BCUT2D eigenvalue weighted by Gasteiger charge is 2.16. The van der Waals surface area contributed by atoms with Gasteiger partial charge in [-0.2, -0.15) is 0 Å². The van der Waals surface area contributed by atoms with E-state index in [2.05, 4.69) is 17.1 Å². The average Bonchev–Trinajstić information content (AvgIpc) is 2.69. The Balaban J connectivity index is 2.16. The second kappa shape index (κ2) is 6.07. The van der Waals surface area contributed by atoms with Gasteiger partial charge >= 0.3 is 0 Å². The van der Waals surface area contributed by atoms with E-state index in [0.29, 0.717) is 11.8 Å². The van der Waals surface area contributed by atoms with Crippen molar-refractivity contribution in [2.24, 2.45) is 5.73 Å². The highest BCUT2D eigenvalue weighted by Crippen LogP contribution is 2.37. The van der Waals surface area contributed by atoms with Crippen molar-refractivity contribution >= 4 is 11.8 Å². The van der Waals surface area contributed by atoms with Gasteiger partial charge in [0.15, 0.2) is 0 Å². The Labute approximate surface area is 112 Å². The van der Waals surface area contributed by atoms with Gasteiger partial charge < -0.3 is 10.2 Å². The number of rotatable bonds is 5. The van der Waals surface area contributed by atoms with Crippen LogP contribution in [0.1, 0.15) is 28.7 Å². The topological polar surface area (TPSA) is 52.0 Å². The van der Waals surface area contributed by atoms with E-state index in [1.165, 1.54) is 5.56 Å². The van der Waals surface area contributed by atoms with Crippen LogP contribution < -0.4 is 5.73 Å². The zero-order valence-corrected chi connectivity index (χ0v) is 11.5. The Morgan fingerprint density at radius 3 is 2.56 bits per heavy atom. The second-order valence-corrected chi connectivity index (χ2v) is 5.37. The predicted molar refractivity (Wildman–Crippen MR) is 74.7 cm³/mol. The van der Waals surface area contributed by atoms with Crippen LogP contribution in [0.2, 0.25) is 0 Å². The van der Waals surface area contributed by atoms with Gasteiger partial charge in [0.1, 0.15) is 5.76 Å². The first kappa shape index (κ1) is 13.2. The maximum Gasteiger partial charge on any atom is 0.256 e. The van der Waals surface area contributed by atoms with Crippen molar-refractivity contribution in [2.75, 3.05) is 6.54 Å². The molecular formula is C14H18N2OS. The van der Waals surface area contributed by atoms with Crippen LogP contribution in [0.15, 0.2) is 40.0 Å². The SMILES string of the molecule is Cc1nc(SC(CCN)c2ccccc2)oc1C. The number of benzene rings is 1. The highest BCUT2D eigenvalue weighted by molar-refractivity contribution is 7.99. The van der Waals surface area contributed by atoms with Crippen molar-refractivity contribution in [3.05, 3.63) is 47.3 Å². The first-order valence-electron chi connectivity index (χ1n) is 6.06. The molecule has 2 N–H and O–H groups in total. The Hall–Kier alpha value is -1.26. The van der Waals surface area contributed by atoms with Gasteiger partial charge in [-0.1, -0.05) is 42.1 Å². The molecule has 1 atom stereocenters. The largest absolute Gasteiger partial charge is 0.437 e. The maximum absolute atomic E-state index is 5.69. The van der Waals surface area contributed by atoms with Gasteiger partial charge in [0, 0.05) is 5.25 Å². The summed E-state index contributed by atoms with van der Waals surface area (Å²) < 4.78 is 5.62. The molecule has 3 nitrogen and oxygen atoms in total. The lowest BCUT2D eigenvalue weighted by Crippen LogP contribution is -2.04. The van der Waals surface area contributed by atoms with Gasteiger partial charge in [0.05, 0.1) is 5.69 Å². The van der Waals surface area contributed by atoms with Gasteiger partial charge in [0.25, 0.3) is 5.22 Å². The Kier molecular flexibility index (Phi) is 4.44. The van der Waals surface area contributed by atoms with E-state index in [-0.39, 0.29) is 0 Å². The summed E-state index contributed by atoms with van der Waals surface area (Å²) in [5, 5.41) is 1.03. The third kappa shape index (κ3) is 3.15. The number of thioether (sulfide) groups is 1. The molecule has 0 amide bonds. The van der Waals surface area contributed by atoms with E-state index in [0.717, 1.165) is 23.1 Å². The van der Waals surface area contributed by atoms with Crippen molar-refractivity contribution in [2.45, 2.75) is 30.7 Å². The standard InChI is InChI=1S/C14H18N2OS/c1-10-11(2)17-14(16-10)18-13(8-9-15)12-6-4-3-5-7-12/h3-7,13H,8-9,15H2,1-2H3. The summed E-state index contributed by atoms with van der Waals surface area (Å²) in [6, 6.07) is 10.4. The number of hydrogen-bond acceptors (Lipinski definition) is 4. The Morgan fingerprint density at radius 2 is 2.00 bits per heavy atom. The van der Waals surface area contributed by atoms with Crippen molar-refractivity contribution in [1.29, 1.82) is 0 Å². The molecule has 0 aliphatic rings. The Morgan fingerprint density at radius 1 is 1.28 bits per heavy atom. The van der Waals surface area contributed by atoms with Gasteiger partial charge in [-0.25, -0.2) is 4.98 Å². The first-order chi connectivity index (χ1) is 8.70. The van der Waals surface area contributed by atoms with E-state index >= 15 is 0 Å². The second-order valence-electron chi connectivity index (χ2n) is 4.22. The summed E-state index contributed by atoms with van der Waals surface area (Å²) in [7, 11) is 0. The fourth-order valence-electron chi connectivity index (χ4n) is 1.73. The molecule has 0 saturated heterocycles. The lowest BCUT2D eigenvalue weighted by atomic mass is 10.1.